The second-order valence-electron chi connectivity index (χ2n) is 5.89. The van der Waals surface area contributed by atoms with E-state index in [0.717, 1.165) is 11.1 Å². The van der Waals surface area contributed by atoms with Gasteiger partial charge in [-0.25, -0.2) is 0 Å². The summed E-state index contributed by atoms with van der Waals surface area (Å²) in [5.41, 5.74) is 9.60. The smallest absolute Gasteiger partial charge is 0.311 e. The normalized spacial score (nSPS) is 13.3. The molecule has 128 valence electrons. The number of hydrogen-bond donors (Lipinski definition) is 2. The van der Waals surface area contributed by atoms with E-state index in [1.54, 1.807) is 6.92 Å². The Hall–Kier alpha value is -2.17. The summed E-state index contributed by atoms with van der Waals surface area (Å²) in [5, 5.41) is 9.34. The summed E-state index contributed by atoms with van der Waals surface area (Å²) in [6, 6.07) is 18.2. The van der Waals surface area contributed by atoms with Crippen molar-refractivity contribution in [2.24, 2.45) is 11.7 Å². The van der Waals surface area contributed by atoms with E-state index in [1.807, 2.05) is 18.2 Å². The van der Waals surface area contributed by atoms with Crippen molar-refractivity contribution in [1.82, 2.24) is 0 Å². The summed E-state index contributed by atoms with van der Waals surface area (Å²) in [6.45, 7) is 1.82. The second-order valence-corrected chi connectivity index (χ2v) is 5.89. The Labute approximate surface area is 143 Å². The maximum Gasteiger partial charge on any atom is 0.311 e. The third kappa shape index (κ3) is 5.18. The van der Waals surface area contributed by atoms with Gasteiger partial charge >= 0.3 is 5.97 Å². The predicted octanol–water partition coefficient (Wildman–Crippen LogP) is 2.79. The lowest BCUT2D eigenvalue weighted by molar-refractivity contribution is -0.149. The van der Waals surface area contributed by atoms with Gasteiger partial charge in [0.05, 0.1) is 19.1 Å². The topological polar surface area (TPSA) is 72.5 Å². The average Bonchev–Trinajstić information content (AvgIpc) is 2.61. The monoisotopic (exact) mass is 327 g/mol. The molecule has 2 rings (SSSR count). The van der Waals surface area contributed by atoms with Crippen LogP contribution in [0.5, 0.6) is 0 Å². The molecule has 0 spiro atoms. The summed E-state index contributed by atoms with van der Waals surface area (Å²) in [4.78, 5) is 11.7. The van der Waals surface area contributed by atoms with Gasteiger partial charge in [0.15, 0.2) is 0 Å². The molecule has 4 heteroatoms. The quantitative estimate of drug-likeness (QED) is 0.731. The van der Waals surface area contributed by atoms with Crippen molar-refractivity contribution >= 4 is 5.97 Å². The van der Waals surface area contributed by atoms with E-state index in [4.69, 9.17) is 10.5 Å². The van der Waals surface area contributed by atoms with Crippen molar-refractivity contribution in [3.63, 3.8) is 0 Å². The minimum Gasteiger partial charge on any atom is -0.466 e. The van der Waals surface area contributed by atoms with Gasteiger partial charge < -0.3 is 15.6 Å². The number of hydrogen-bond acceptors (Lipinski definition) is 4. The second kappa shape index (κ2) is 9.21. The Bertz CT molecular complexity index is 625. The molecule has 0 aliphatic heterocycles. The molecule has 2 aromatic carbocycles. The van der Waals surface area contributed by atoms with Crippen molar-refractivity contribution < 1.29 is 14.6 Å². The number of carbonyl (C=O) groups excluding carboxylic acids is 1. The molecule has 24 heavy (non-hydrogen) atoms. The van der Waals surface area contributed by atoms with E-state index in [1.165, 1.54) is 5.56 Å². The number of benzene rings is 2. The number of carbonyl (C=O) groups is 1. The lowest BCUT2D eigenvalue weighted by Gasteiger charge is -2.18. The molecular formula is C20H25NO3. The van der Waals surface area contributed by atoms with Crippen LogP contribution in [0.15, 0.2) is 54.6 Å². The minimum absolute atomic E-state index is 0.200. The molecule has 2 aromatic rings. The SMILES string of the molecule is CCOC(=O)C(CO)CC(N)Cc1ccc(-c2ccccc2)cc1. The molecule has 0 bridgehead atoms. The van der Waals surface area contributed by atoms with Crippen LogP contribution in [0.3, 0.4) is 0 Å². The highest BCUT2D eigenvalue weighted by Crippen LogP contribution is 2.20. The van der Waals surface area contributed by atoms with Crippen molar-refractivity contribution in [2.45, 2.75) is 25.8 Å². The third-order valence-electron chi connectivity index (χ3n) is 3.99. The molecule has 4 nitrogen and oxygen atoms in total. The molecule has 0 aliphatic carbocycles. The molecule has 0 amide bonds. The summed E-state index contributed by atoms with van der Waals surface area (Å²) in [5.74, 6) is -0.932. The van der Waals surface area contributed by atoms with Crippen LogP contribution in [-0.2, 0) is 16.0 Å². The summed E-state index contributed by atoms with van der Waals surface area (Å²) in [6.07, 6.45) is 1.07. The molecule has 0 saturated carbocycles. The number of rotatable bonds is 8. The Morgan fingerprint density at radius 3 is 2.29 bits per heavy atom. The fourth-order valence-corrected chi connectivity index (χ4v) is 2.72. The zero-order chi connectivity index (χ0) is 17.4. The molecule has 0 fully saturated rings. The largest absolute Gasteiger partial charge is 0.466 e. The minimum atomic E-state index is -0.552. The standard InChI is InChI=1S/C20H25NO3/c1-2-24-20(23)18(14-22)13-19(21)12-15-8-10-17(11-9-15)16-6-4-3-5-7-16/h3-11,18-19,22H,2,12-14,21H2,1H3. The molecule has 0 heterocycles. The van der Waals surface area contributed by atoms with Crippen molar-refractivity contribution in [1.29, 1.82) is 0 Å². The lowest BCUT2D eigenvalue weighted by atomic mass is 9.95. The van der Waals surface area contributed by atoms with Crippen LogP contribution < -0.4 is 5.73 Å². The summed E-state index contributed by atoms with van der Waals surface area (Å²) < 4.78 is 4.96. The van der Waals surface area contributed by atoms with E-state index in [9.17, 15) is 9.90 Å². The zero-order valence-electron chi connectivity index (χ0n) is 14.0. The van der Waals surface area contributed by atoms with Gasteiger partial charge in [0.25, 0.3) is 0 Å². The van der Waals surface area contributed by atoms with Gasteiger partial charge in [0.2, 0.25) is 0 Å². The average molecular weight is 327 g/mol. The predicted molar refractivity (Wildman–Crippen MR) is 95.4 cm³/mol. The Balaban J connectivity index is 1.94. The van der Waals surface area contributed by atoms with Gasteiger partial charge in [0, 0.05) is 6.04 Å². The highest BCUT2D eigenvalue weighted by atomic mass is 16.5. The molecular weight excluding hydrogens is 302 g/mol. The maximum absolute atomic E-state index is 11.7. The van der Waals surface area contributed by atoms with Gasteiger partial charge in [0.1, 0.15) is 0 Å². The van der Waals surface area contributed by atoms with Crippen LogP contribution in [0.2, 0.25) is 0 Å². The van der Waals surface area contributed by atoms with Crippen LogP contribution in [0, 0.1) is 5.92 Å². The van der Waals surface area contributed by atoms with Gasteiger partial charge in [-0.3, -0.25) is 4.79 Å². The van der Waals surface area contributed by atoms with Crippen LogP contribution in [-0.4, -0.2) is 30.3 Å². The zero-order valence-corrected chi connectivity index (χ0v) is 14.0. The van der Waals surface area contributed by atoms with E-state index in [-0.39, 0.29) is 18.6 Å². The molecule has 0 saturated heterocycles. The van der Waals surface area contributed by atoms with Gasteiger partial charge in [-0.2, -0.15) is 0 Å². The van der Waals surface area contributed by atoms with Crippen molar-refractivity contribution in [2.75, 3.05) is 13.2 Å². The number of aliphatic hydroxyl groups is 1. The number of esters is 1. The fourth-order valence-electron chi connectivity index (χ4n) is 2.72. The molecule has 2 unspecified atom stereocenters. The fraction of sp³-hybridized carbons (Fsp3) is 0.350. The molecule has 0 aromatic heterocycles. The number of ether oxygens (including phenoxy) is 1. The Morgan fingerprint density at radius 2 is 1.71 bits per heavy atom. The van der Waals surface area contributed by atoms with E-state index >= 15 is 0 Å². The first-order valence-electron chi connectivity index (χ1n) is 8.31. The molecule has 3 N–H and O–H groups in total. The van der Waals surface area contributed by atoms with Crippen LogP contribution in [0.1, 0.15) is 18.9 Å². The van der Waals surface area contributed by atoms with Crippen LogP contribution in [0.4, 0.5) is 0 Å². The summed E-state index contributed by atoms with van der Waals surface area (Å²) >= 11 is 0. The van der Waals surface area contributed by atoms with Crippen LogP contribution in [0.25, 0.3) is 11.1 Å². The van der Waals surface area contributed by atoms with E-state index in [2.05, 4.69) is 36.4 Å². The van der Waals surface area contributed by atoms with Gasteiger partial charge in [-0.15, -0.1) is 0 Å². The molecule has 0 aliphatic rings. The first-order chi connectivity index (χ1) is 11.6. The first kappa shape index (κ1) is 18.2. The van der Waals surface area contributed by atoms with Crippen molar-refractivity contribution in [3.05, 3.63) is 60.2 Å². The lowest BCUT2D eigenvalue weighted by Crippen LogP contribution is -2.32. The summed E-state index contributed by atoms with van der Waals surface area (Å²) in [7, 11) is 0. The number of nitrogens with two attached hydrogens (primary N) is 1. The Kier molecular flexibility index (Phi) is 6.97. The molecule has 0 radical (unpaired) electrons. The van der Waals surface area contributed by atoms with E-state index in [0.29, 0.717) is 19.4 Å². The van der Waals surface area contributed by atoms with E-state index < -0.39 is 5.92 Å². The number of aliphatic hydroxyl groups excluding tert-OH is 1. The Morgan fingerprint density at radius 1 is 1.08 bits per heavy atom. The van der Waals surface area contributed by atoms with Gasteiger partial charge in [-0.1, -0.05) is 54.6 Å². The van der Waals surface area contributed by atoms with Crippen molar-refractivity contribution in [3.8, 4) is 11.1 Å². The maximum atomic E-state index is 11.7. The highest BCUT2D eigenvalue weighted by molar-refractivity contribution is 5.72. The first-order valence-corrected chi connectivity index (χ1v) is 8.31. The highest BCUT2D eigenvalue weighted by Gasteiger charge is 2.22. The molecule has 2 atom stereocenters. The van der Waals surface area contributed by atoms with Gasteiger partial charge in [-0.05, 0) is 36.5 Å². The third-order valence-corrected chi connectivity index (χ3v) is 3.99. The van der Waals surface area contributed by atoms with Crippen LogP contribution >= 0.6 is 0 Å².